The van der Waals surface area contributed by atoms with Crippen LogP contribution in [0.5, 0.6) is 5.75 Å². The van der Waals surface area contributed by atoms with Gasteiger partial charge in [-0.2, -0.15) is 0 Å². The average Bonchev–Trinajstić information content (AvgIpc) is 2.45. The first-order valence-corrected chi connectivity index (χ1v) is 6.08. The highest BCUT2D eigenvalue weighted by molar-refractivity contribution is 5.82. The van der Waals surface area contributed by atoms with Crippen molar-refractivity contribution in [2.75, 3.05) is 20.3 Å². The maximum Gasteiger partial charge on any atom is 0.330 e. The molecule has 0 aromatic heterocycles. The van der Waals surface area contributed by atoms with Gasteiger partial charge in [-0.3, -0.25) is 5.32 Å². The van der Waals surface area contributed by atoms with Crippen molar-refractivity contribution in [2.24, 2.45) is 0 Å². The molecule has 1 rings (SSSR count). The third-order valence-electron chi connectivity index (χ3n) is 2.88. The topological polar surface area (TPSA) is 47.6 Å². The molecule has 0 saturated carbocycles. The lowest BCUT2D eigenvalue weighted by Crippen LogP contribution is -2.47. The first kappa shape index (κ1) is 15.1. The van der Waals surface area contributed by atoms with Crippen LogP contribution in [0.2, 0.25) is 0 Å². The lowest BCUT2D eigenvalue weighted by atomic mass is 9.92. The van der Waals surface area contributed by atoms with Crippen molar-refractivity contribution in [1.82, 2.24) is 5.32 Å². The lowest BCUT2D eigenvalue weighted by Gasteiger charge is -2.27. The first-order valence-electron chi connectivity index (χ1n) is 6.08. The predicted octanol–water partition coefficient (Wildman–Crippen LogP) is 1.70. The second-order valence-corrected chi connectivity index (χ2v) is 4.13. The fourth-order valence-corrected chi connectivity index (χ4v) is 1.78. The molecule has 4 nitrogen and oxygen atoms in total. The van der Waals surface area contributed by atoms with Gasteiger partial charge in [-0.25, -0.2) is 4.79 Å². The molecule has 1 aromatic carbocycles. The van der Waals surface area contributed by atoms with Gasteiger partial charge in [0.2, 0.25) is 0 Å². The Morgan fingerprint density at radius 2 is 2.05 bits per heavy atom. The summed E-state index contributed by atoms with van der Waals surface area (Å²) in [7, 11) is 1.35. The summed E-state index contributed by atoms with van der Waals surface area (Å²) in [4.78, 5) is 12.0. The zero-order valence-corrected chi connectivity index (χ0v) is 11.5. The molecule has 1 N–H and O–H groups in total. The molecule has 0 aliphatic rings. The molecule has 0 amide bonds. The van der Waals surface area contributed by atoms with E-state index in [1.165, 1.54) is 7.11 Å². The number of hydrogen-bond acceptors (Lipinski definition) is 4. The Morgan fingerprint density at radius 1 is 1.42 bits per heavy atom. The van der Waals surface area contributed by atoms with E-state index >= 15 is 0 Å². The number of carbonyl (C=O) groups is 1. The second-order valence-electron chi connectivity index (χ2n) is 4.13. The number of esters is 1. The molecule has 0 radical (unpaired) electrons. The van der Waals surface area contributed by atoms with Crippen LogP contribution in [-0.4, -0.2) is 26.2 Å². The van der Waals surface area contributed by atoms with Gasteiger partial charge in [0, 0.05) is 0 Å². The molecule has 0 spiro atoms. The van der Waals surface area contributed by atoms with Gasteiger partial charge in [0.05, 0.1) is 20.3 Å². The molecule has 0 aliphatic carbocycles. The molecule has 0 bridgehead atoms. The van der Waals surface area contributed by atoms with Gasteiger partial charge in [0.25, 0.3) is 0 Å². The number of benzene rings is 1. The van der Waals surface area contributed by atoms with Crippen LogP contribution in [0.1, 0.15) is 19.4 Å². The minimum absolute atomic E-state index is 0.277. The third-order valence-corrected chi connectivity index (χ3v) is 2.88. The van der Waals surface area contributed by atoms with Crippen molar-refractivity contribution in [1.29, 1.82) is 0 Å². The highest BCUT2D eigenvalue weighted by Crippen LogP contribution is 2.24. The van der Waals surface area contributed by atoms with Crippen LogP contribution in [0, 0.1) is 12.3 Å². The fraction of sp³-hybridized carbons (Fsp3) is 0.400. The van der Waals surface area contributed by atoms with Crippen LogP contribution < -0.4 is 10.1 Å². The van der Waals surface area contributed by atoms with E-state index in [2.05, 4.69) is 11.2 Å². The Balaban J connectivity index is 3.04. The average molecular weight is 261 g/mol. The zero-order valence-electron chi connectivity index (χ0n) is 11.5. The highest BCUT2D eigenvalue weighted by Gasteiger charge is 2.35. The molecule has 19 heavy (non-hydrogen) atoms. The number of rotatable bonds is 6. The zero-order chi connectivity index (χ0) is 14.3. The van der Waals surface area contributed by atoms with E-state index in [0.29, 0.717) is 6.61 Å². The highest BCUT2D eigenvalue weighted by atomic mass is 16.5. The fourth-order valence-electron chi connectivity index (χ4n) is 1.78. The maximum atomic E-state index is 12.0. The van der Waals surface area contributed by atoms with Crippen LogP contribution in [0.25, 0.3) is 0 Å². The van der Waals surface area contributed by atoms with E-state index in [9.17, 15) is 4.79 Å². The van der Waals surface area contributed by atoms with Crippen LogP contribution in [0.3, 0.4) is 0 Å². The molecular weight excluding hydrogens is 242 g/mol. The standard InChI is InChI=1S/C15H19NO3/c1-5-11-16-15(3,14(17)18-4)12-7-9-13(10-8-12)19-6-2/h1,7-10,16H,6,11H2,2-4H3. The molecule has 1 aromatic rings. The molecule has 102 valence electrons. The van der Waals surface area contributed by atoms with Crippen molar-refractivity contribution in [3.05, 3.63) is 29.8 Å². The van der Waals surface area contributed by atoms with Gasteiger partial charge in [0.15, 0.2) is 0 Å². The molecule has 0 heterocycles. The number of terminal acetylenes is 1. The van der Waals surface area contributed by atoms with E-state index in [1.54, 1.807) is 6.92 Å². The summed E-state index contributed by atoms with van der Waals surface area (Å²) in [5.41, 5.74) is -0.190. The molecule has 0 saturated heterocycles. The van der Waals surface area contributed by atoms with E-state index in [0.717, 1.165) is 11.3 Å². The Morgan fingerprint density at radius 3 is 2.53 bits per heavy atom. The summed E-state index contributed by atoms with van der Waals surface area (Å²) >= 11 is 0. The molecule has 1 atom stereocenters. The van der Waals surface area contributed by atoms with Crippen molar-refractivity contribution < 1.29 is 14.3 Å². The van der Waals surface area contributed by atoms with Crippen LogP contribution in [-0.2, 0) is 15.1 Å². The monoisotopic (exact) mass is 261 g/mol. The molecular formula is C15H19NO3. The number of ether oxygens (including phenoxy) is 2. The van der Waals surface area contributed by atoms with Crippen molar-refractivity contribution in [3.63, 3.8) is 0 Å². The number of methoxy groups -OCH3 is 1. The van der Waals surface area contributed by atoms with Crippen molar-refractivity contribution >= 4 is 5.97 Å². The predicted molar refractivity (Wildman–Crippen MR) is 73.8 cm³/mol. The van der Waals surface area contributed by atoms with Gasteiger partial charge in [0.1, 0.15) is 11.3 Å². The largest absolute Gasteiger partial charge is 0.494 e. The van der Waals surface area contributed by atoms with E-state index in [-0.39, 0.29) is 12.5 Å². The summed E-state index contributed by atoms with van der Waals surface area (Å²) in [5.74, 6) is 2.84. The van der Waals surface area contributed by atoms with Gasteiger partial charge in [-0.05, 0) is 31.5 Å². The smallest absolute Gasteiger partial charge is 0.330 e. The molecule has 1 unspecified atom stereocenters. The third kappa shape index (κ3) is 3.49. The van der Waals surface area contributed by atoms with Crippen LogP contribution in [0.4, 0.5) is 0 Å². The molecule has 0 fully saturated rings. The lowest BCUT2D eigenvalue weighted by molar-refractivity contribution is -0.148. The summed E-state index contributed by atoms with van der Waals surface area (Å²) in [6.45, 7) is 4.54. The van der Waals surface area contributed by atoms with Gasteiger partial charge < -0.3 is 9.47 Å². The number of hydrogen-bond donors (Lipinski definition) is 1. The quantitative estimate of drug-likeness (QED) is 0.625. The SMILES string of the molecule is C#CCNC(C)(C(=O)OC)c1ccc(OCC)cc1. The maximum absolute atomic E-state index is 12.0. The van der Waals surface area contributed by atoms with Crippen molar-refractivity contribution in [2.45, 2.75) is 19.4 Å². The first-order chi connectivity index (χ1) is 9.08. The number of carbonyl (C=O) groups excluding carboxylic acids is 1. The molecule has 0 aliphatic heterocycles. The summed E-state index contributed by atoms with van der Waals surface area (Å²) in [6.07, 6.45) is 5.23. The normalized spacial score (nSPS) is 13.2. The Bertz CT molecular complexity index is 461. The molecule has 4 heteroatoms. The van der Waals surface area contributed by atoms with Crippen LogP contribution in [0.15, 0.2) is 24.3 Å². The Kier molecular flexibility index (Phi) is 5.40. The number of nitrogens with one attached hydrogen (secondary N) is 1. The Labute approximate surface area is 114 Å². The van der Waals surface area contributed by atoms with Gasteiger partial charge >= 0.3 is 5.97 Å². The van der Waals surface area contributed by atoms with E-state index < -0.39 is 5.54 Å². The van der Waals surface area contributed by atoms with E-state index in [4.69, 9.17) is 15.9 Å². The summed E-state index contributed by atoms with van der Waals surface area (Å²) in [6, 6.07) is 7.28. The Hall–Kier alpha value is -1.99. The minimum Gasteiger partial charge on any atom is -0.494 e. The van der Waals surface area contributed by atoms with Crippen molar-refractivity contribution in [3.8, 4) is 18.1 Å². The van der Waals surface area contributed by atoms with Gasteiger partial charge in [-0.15, -0.1) is 6.42 Å². The van der Waals surface area contributed by atoms with Crippen LogP contribution >= 0.6 is 0 Å². The summed E-state index contributed by atoms with van der Waals surface area (Å²) < 4.78 is 10.2. The summed E-state index contributed by atoms with van der Waals surface area (Å²) in [5, 5.41) is 3.01. The van der Waals surface area contributed by atoms with Gasteiger partial charge in [-0.1, -0.05) is 18.1 Å². The van der Waals surface area contributed by atoms with E-state index in [1.807, 2.05) is 31.2 Å². The second kappa shape index (κ2) is 6.81. The minimum atomic E-state index is -0.966.